The van der Waals surface area contributed by atoms with E-state index in [-0.39, 0.29) is 23.6 Å². The molecule has 29 heavy (non-hydrogen) atoms. The van der Waals surface area contributed by atoms with Gasteiger partial charge in [0.05, 0.1) is 12.3 Å². The van der Waals surface area contributed by atoms with Crippen molar-refractivity contribution in [3.05, 3.63) is 47.0 Å². The van der Waals surface area contributed by atoms with Crippen LogP contribution in [0.2, 0.25) is 0 Å². The van der Waals surface area contributed by atoms with E-state index in [0.29, 0.717) is 28.8 Å². The number of para-hydroxylation sites is 1. The van der Waals surface area contributed by atoms with Crippen LogP contribution in [0.1, 0.15) is 46.2 Å². The summed E-state index contributed by atoms with van der Waals surface area (Å²) in [7, 11) is 0. The summed E-state index contributed by atoms with van der Waals surface area (Å²) in [6, 6.07) is 6.83. The topological polar surface area (TPSA) is 121 Å². The minimum atomic E-state index is -0.710. The predicted molar refractivity (Wildman–Crippen MR) is 102 cm³/mol. The van der Waals surface area contributed by atoms with Crippen molar-refractivity contribution >= 4 is 34.5 Å². The Morgan fingerprint density at radius 1 is 1.10 bits per heavy atom. The minimum absolute atomic E-state index is 0.129. The van der Waals surface area contributed by atoms with Gasteiger partial charge in [-0.25, -0.2) is 9.59 Å². The molecule has 9 heteroatoms. The number of aromatic nitrogens is 1. The summed E-state index contributed by atoms with van der Waals surface area (Å²) in [4.78, 5) is 36.8. The normalized spacial score (nSPS) is 10.7. The molecule has 0 aliphatic carbocycles. The van der Waals surface area contributed by atoms with Crippen molar-refractivity contribution in [3.8, 4) is 0 Å². The van der Waals surface area contributed by atoms with Crippen LogP contribution in [-0.4, -0.2) is 36.2 Å². The Labute approximate surface area is 165 Å². The summed E-state index contributed by atoms with van der Waals surface area (Å²) in [6.45, 7) is 4.66. The number of anilines is 1. The monoisotopic (exact) mass is 400 g/mol. The highest BCUT2D eigenvalue weighted by molar-refractivity contribution is 6.10. The van der Waals surface area contributed by atoms with Gasteiger partial charge in [-0.3, -0.25) is 4.79 Å². The molecule has 1 N–H and O–H groups in total. The molecule has 3 aromatic rings. The maximum Gasteiger partial charge on any atom is 0.376 e. The number of hydrogen-bond donors (Lipinski definition) is 1. The fourth-order valence-corrected chi connectivity index (χ4v) is 2.81. The van der Waals surface area contributed by atoms with Crippen LogP contribution in [0, 0.1) is 6.92 Å². The average Bonchev–Trinajstić information content (AvgIpc) is 3.27. The van der Waals surface area contributed by atoms with Crippen molar-refractivity contribution in [2.75, 3.05) is 18.5 Å². The average molecular weight is 400 g/mol. The van der Waals surface area contributed by atoms with Gasteiger partial charge in [0.15, 0.2) is 6.61 Å². The van der Waals surface area contributed by atoms with Gasteiger partial charge in [0.1, 0.15) is 22.6 Å². The number of carbonyl (C=O) groups is 3. The smallest absolute Gasteiger partial charge is 0.376 e. The van der Waals surface area contributed by atoms with Crippen LogP contribution in [0.4, 0.5) is 5.69 Å². The summed E-state index contributed by atoms with van der Waals surface area (Å²) in [5.41, 5.74) is 1.24. The molecule has 152 valence electrons. The Morgan fingerprint density at radius 2 is 1.86 bits per heavy atom. The highest BCUT2D eigenvalue weighted by Crippen LogP contribution is 2.31. The van der Waals surface area contributed by atoms with Crippen molar-refractivity contribution in [1.82, 2.24) is 5.16 Å². The Bertz CT molecular complexity index is 1060. The number of hydrogen-bond acceptors (Lipinski definition) is 8. The summed E-state index contributed by atoms with van der Waals surface area (Å²) in [5, 5.41) is 6.88. The maximum atomic E-state index is 12.4. The Hall–Kier alpha value is -3.62. The number of aryl methyl sites for hydroxylation is 2. The van der Waals surface area contributed by atoms with Gasteiger partial charge in [0.2, 0.25) is 5.76 Å². The van der Waals surface area contributed by atoms with Gasteiger partial charge < -0.3 is 23.7 Å². The lowest BCUT2D eigenvalue weighted by atomic mass is 10.1. The fourth-order valence-electron chi connectivity index (χ4n) is 2.81. The highest BCUT2D eigenvalue weighted by atomic mass is 16.5. The molecule has 1 amide bonds. The van der Waals surface area contributed by atoms with Crippen molar-refractivity contribution < 1.29 is 32.8 Å². The summed E-state index contributed by atoms with van der Waals surface area (Å²) in [5.74, 6) is -1.86. The number of benzene rings is 1. The van der Waals surface area contributed by atoms with E-state index in [1.54, 1.807) is 38.1 Å². The zero-order valence-corrected chi connectivity index (χ0v) is 16.2. The number of carbonyl (C=O) groups excluding carboxylic acids is 3. The minimum Gasteiger partial charge on any atom is -0.460 e. The van der Waals surface area contributed by atoms with Gasteiger partial charge in [-0.15, -0.1) is 0 Å². The van der Waals surface area contributed by atoms with E-state index in [9.17, 15) is 14.4 Å². The zero-order valence-electron chi connectivity index (χ0n) is 16.2. The van der Waals surface area contributed by atoms with Crippen molar-refractivity contribution in [3.63, 3.8) is 0 Å². The lowest BCUT2D eigenvalue weighted by Gasteiger charge is -2.07. The van der Waals surface area contributed by atoms with Gasteiger partial charge in [0.25, 0.3) is 5.91 Å². The lowest BCUT2D eigenvalue weighted by Crippen LogP contribution is -2.22. The highest BCUT2D eigenvalue weighted by Gasteiger charge is 2.25. The molecule has 0 aliphatic heterocycles. The van der Waals surface area contributed by atoms with E-state index in [0.717, 1.165) is 0 Å². The molecule has 2 heterocycles. The lowest BCUT2D eigenvalue weighted by molar-refractivity contribution is -0.119. The van der Waals surface area contributed by atoms with Gasteiger partial charge in [-0.1, -0.05) is 24.2 Å². The third-order valence-corrected chi connectivity index (χ3v) is 4.13. The van der Waals surface area contributed by atoms with E-state index >= 15 is 0 Å². The van der Waals surface area contributed by atoms with Crippen LogP contribution in [0.5, 0.6) is 0 Å². The predicted octanol–water partition coefficient (Wildman–Crippen LogP) is 3.26. The molecular weight excluding hydrogens is 380 g/mol. The first kappa shape index (κ1) is 20.1. The van der Waals surface area contributed by atoms with E-state index in [1.807, 2.05) is 6.92 Å². The van der Waals surface area contributed by atoms with Crippen molar-refractivity contribution in [2.24, 2.45) is 0 Å². The van der Waals surface area contributed by atoms with E-state index < -0.39 is 24.5 Å². The molecule has 0 atom stereocenters. The summed E-state index contributed by atoms with van der Waals surface area (Å²) >= 11 is 0. The number of nitrogens with one attached hydrogen (secondary N) is 1. The van der Waals surface area contributed by atoms with Gasteiger partial charge in [0, 0.05) is 5.39 Å². The van der Waals surface area contributed by atoms with Crippen LogP contribution in [0.15, 0.2) is 33.2 Å². The van der Waals surface area contributed by atoms with Crippen LogP contribution >= 0.6 is 0 Å². The van der Waals surface area contributed by atoms with Crippen LogP contribution < -0.4 is 5.32 Å². The molecule has 1 aromatic carbocycles. The third-order valence-electron chi connectivity index (χ3n) is 4.13. The van der Waals surface area contributed by atoms with Gasteiger partial charge in [-0.05, 0) is 32.4 Å². The zero-order chi connectivity index (χ0) is 21.0. The quantitative estimate of drug-likeness (QED) is 0.600. The van der Waals surface area contributed by atoms with Crippen LogP contribution in [0.3, 0.4) is 0 Å². The maximum absolute atomic E-state index is 12.4. The number of nitrogens with zero attached hydrogens (tertiary/aromatic N) is 1. The number of furan rings is 1. The van der Waals surface area contributed by atoms with Crippen molar-refractivity contribution in [2.45, 2.75) is 27.2 Å². The van der Waals surface area contributed by atoms with Gasteiger partial charge in [-0.2, -0.15) is 0 Å². The molecule has 0 saturated carbocycles. The third kappa shape index (κ3) is 4.13. The molecule has 0 spiro atoms. The molecule has 0 aliphatic rings. The van der Waals surface area contributed by atoms with E-state index in [2.05, 4.69) is 10.5 Å². The molecule has 0 fully saturated rings. The number of ether oxygens (including phenoxy) is 2. The van der Waals surface area contributed by atoms with E-state index in [4.69, 9.17) is 18.4 Å². The first-order valence-electron chi connectivity index (χ1n) is 9.07. The second-order valence-electron chi connectivity index (χ2n) is 6.06. The standard InChI is InChI=1S/C20H20N2O7/c1-4-13-16(11(3)29-22-13)19(24)27-10-15(23)21-17-12-8-6-7-9-14(12)28-18(17)20(25)26-5-2/h6-9H,4-5,10H2,1-3H3,(H,21,23). The van der Waals surface area contributed by atoms with Gasteiger partial charge >= 0.3 is 11.9 Å². The molecule has 0 saturated heterocycles. The van der Waals surface area contributed by atoms with Crippen molar-refractivity contribution in [1.29, 1.82) is 0 Å². The Kier molecular flexibility index (Phi) is 5.96. The second kappa shape index (κ2) is 8.59. The first-order chi connectivity index (χ1) is 14.0. The Morgan fingerprint density at radius 3 is 2.59 bits per heavy atom. The number of amides is 1. The second-order valence-corrected chi connectivity index (χ2v) is 6.06. The summed E-state index contributed by atoms with van der Waals surface area (Å²) < 4.78 is 20.6. The molecular formula is C20H20N2O7. The molecule has 2 aromatic heterocycles. The van der Waals surface area contributed by atoms with E-state index in [1.165, 1.54) is 0 Å². The SMILES string of the molecule is CCOC(=O)c1oc2ccccc2c1NC(=O)COC(=O)c1c(CC)noc1C. The van der Waals surface area contributed by atoms with Crippen LogP contribution in [0.25, 0.3) is 11.0 Å². The number of rotatable bonds is 7. The van der Waals surface area contributed by atoms with Crippen LogP contribution in [-0.2, 0) is 20.7 Å². The molecule has 3 rings (SSSR count). The molecule has 0 bridgehead atoms. The number of fused-ring (bicyclic) bond motifs is 1. The first-order valence-corrected chi connectivity index (χ1v) is 9.07. The molecule has 0 radical (unpaired) electrons. The summed E-state index contributed by atoms with van der Waals surface area (Å²) in [6.07, 6.45) is 0.484. The fraction of sp³-hybridized carbons (Fsp3) is 0.300. The largest absolute Gasteiger partial charge is 0.460 e. The Balaban J connectivity index is 1.76. The molecule has 0 unspecified atom stereocenters. The molecule has 9 nitrogen and oxygen atoms in total. The number of esters is 2.